The van der Waals surface area contributed by atoms with Gasteiger partial charge in [-0.3, -0.25) is 9.20 Å². The minimum Gasteiger partial charge on any atom is -0.486 e. The number of benzene rings is 2. The van der Waals surface area contributed by atoms with Crippen LogP contribution in [0.3, 0.4) is 0 Å². The van der Waals surface area contributed by atoms with E-state index < -0.39 is 0 Å². The van der Waals surface area contributed by atoms with Gasteiger partial charge in [-0.25, -0.2) is 0 Å². The number of amides is 1. The zero-order valence-electron chi connectivity index (χ0n) is 20.2. The molecule has 1 fully saturated rings. The summed E-state index contributed by atoms with van der Waals surface area (Å²) in [5.41, 5.74) is 6.62. The molecule has 2 aliphatic heterocycles. The van der Waals surface area contributed by atoms with Crippen molar-refractivity contribution in [1.29, 1.82) is 0 Å². The topological polar surface area (TPSA) is 69.0 Å². The molecule has 2 aromatic carbocycles. The van der Waals surface area contributed by atoms with E-state index in [4.69, 9.17) is 9.47 Å². The largest absolute Gasteiger partial charge is 0.486 e. The first-order valence-electron chi connectivity index (χ1n) is 12.1. The molecule has 1 amide bonds. The lowest BCUT2D eigenvalue weighted by molar-refractivity contribution is -0.129. The summed E-state index contributed by atoms with van der Waals surface area (Å²) in [4.78, 5) is 15.4. The molecule has 0 radical (unpaired) electrons. The minimum absolute atomic E-state index is 0.0581. The Morgan fingerprint density at radius 3 is 2.71 bits per heavy atom. The summed E-state index contributed by atoms with van der Waals surface area (Å²) in [7, 11) is 0. The third kappa shape index (κ3) is 3.89. The second-order valence-corrected chi connectivity index (χ2v) is 10.4. The van der Waals surface area contributed by atoms with Gasteiger partial charge in [-0.1, -0.05) is 29.5 Å². The summed E-state index contributed by atoms with van der Waals surface area (Å²) >= 11 is 1.46. The summed E-state index contributed by atoms with van der Waals surface area (Å²) in [5, 5.41) is 10.8. The maximum absolute atomic E-state index is 13.4. The number of pyridine rings is 1. The maximum atomic E-state index is 13.4. The second kappa shape index (κ2) is 8.75. The van der Waals surface area contributed by atoms with Crippen LogP contribution in [0.5, 0.6) is 11.5 Å². The maximum Gasteiger partial charge on any atom is 0.233 e. The number of hydrogen-bond donors (Lipinski definition) is 0. The molecule has 2 aliphatic rings. The van der Waals surface area contributed by atoms with E-state index in [0.717, 1.165) is 52.8 Å². The molecule has 35 heavy (non-hydrogen) atoms. The number of rotatable bonds is 4. The Morgan fingerprint density at radius 1 is 1.03 bits per heavy atom. The number of aryl methyl sites for hydroxylation is 3. The molecular weight excluding hydrogens is 460 g/mol. The standard InChI is InChI=1S/C27H28N4O3S/c1-16-11-18(3)26-20(12-16)17(2)13-24-28-29-27(31(24)26)35-15-25(32)30-8-4-5-21(30)19-6-7-22-23(14-19)34-10-9-33-22/h6-7,11-14,21H,4-5,8-10,15H2,1-3H3. The van der Waals surface area contributed by atoms with Crippen molar-refractivity contribution in [3.63, 3.8) is 0 Å². The average Bonchev–Trinajstić information content (AvgIpc) is 3.50. The summed E-state index contributed by atoms with van der Waals surface area (Å²) in [5.74, 6) is 1.98. The van der Waals surface area contributed by atoms with Gasteiger partial charge in [0.1, 0.15) is 13.2 Å². The lowest BCUT2D eigenvalue weighted by Crippen LogP contribution is -2.32. The Morgan fingerprint density at radius 2 is 1.86 bits per heavy atom. The van der Waals surface area contributed by atoms with Crippen LogP contribution in [0.2, 0.25) is 0 Å². The van der Waals surface area contributed by atoms with E-state index in [1.807, 2.05) is 17.0 Å². The molecule has 7 nitrogen and oxygen atoms in total. The fourth-order valence-electron chi connectivity index (χ4n) is 5.40. The average molecular weight is 489 g/mol. The predicted octanol–water partition coefficient (Wildman–Crippen LogP) is 5.03. The third-order valence-corrected chi connectivity index (χ3v) is 7.86. The molecule has 0 N–H and O–H groups in total. The van der Waals surface area contributed by atoms with Crippen molar-refractivity contribution >= 4 is 34.2 Å². The third-order valence-electron chi connectivity index (χ3n) is 6.95. The molecule has 8 heteroatoms. The molecule has 4 aromatic rings. The molecule has 0 spiro atoms. The molecule has 6 rings (SSSR count). The number of carbonyl (C=O) groups is 1. The Labute approximate surface area is 208 Å². The SMILES string of the molecule is Cc1cc(C)c2c(c1)c(C)cc1nnc(SCC(=O)N3CCCC3c3ccc4c(c3)OCCO4)n12. The van der Waals surface area contributed by atoms with Gasteiger partial charge in [0.05, 0.1) is 17.3 Å². The lowest BCUT2D eigenvalue weighted by Gasteiger charge is -2.26. The van der Waals surface area contributed by atoms with Crippen molar-refractivity contribution in [1.82, 2.24) is 19.5 Å². The number of ether oxygens (including phenoxy) is 2. The molecule has 2 aromatic heterocycles. The van der Waals surface area contributed by atoms with E-state index in [1.165, 1.54) is 33.8 Å². The fourth-order valence-corrected chi connectivity index (χ4v) is 6.23. The van der Waals surface area contributed by atoms with Crippen LogP contribution in [0, 0.1) is 20.8 Å². The highest BCUT2D eigenvalue weighted by Crippen LogP contribution is 2.38. The van der Waals surface area contributed by atoms with Crippen LogP contribution in [-0.4, -0.2) is 50.9 Å². The molecule has 1 unspecified atom stereocenters. The Hall–Kier alpha value is -3.26. The van der Waals surface area contributed by atoms with E-state index in [1.54, 1.807) is 0 Å². The van der Waals surface area contributed by atoms with Crippen LogP contribution in [0.25, 0.3) is 16.6 Å². The fraction of sp³-hybridized carbons (Fsp3) is 0.370. The Kier molecular flexibility index (Phi) is 5.56. The van der Waals surface area contributed by atoms with Gasteiger partial charge in [0.25, 0.3) is 0 Å². The van der Waals surface area contributed by atoms with Crippen LogP contribution < -0.4 is 9.47 Å². The summed E-state index contributed by atoms with van der Waals surface area (Å²) in [6.07, 6.45) is 1.94. The van der Waals surface area contributed by atoms with Gasteiger partial charge in [0, 0.05) is 11.9 Å². The zero-order valence-corrected chi connectivity index (χ0v) is 21.0. The molecule has 0 bridgehead atoms. The van der Waals surface area contributed by atoms with Crippen molar-refractivity contribution in [2.24, 2.45) is 0 Å². The Bertz CT molecular complexity index is 1460. The molecule has 1 atom stereocenters. The number of nitrogens with zero attached hydrogens (tertiary/aromatic N) is 4. The zero-order chi connectivity index (χ0) is 24.1. The molecule has 4 heterocycles. The second-order valence-electron chi connectivity index (χ2n) is 9.42. The Balaban J connectivity index is 1.26. The summed E-state index contributed by atoms with van der Waals surface area (Å²) in [6, 6.07) is 12.6. The highest BCUT2D eigenvalue weighted by atomic mass is 32.2. The highest BCUT2D eigenvalue weighted by Gasteiger charge is 2.31. The molecule has 0 aliphatic carbocycles. The van der Waals surface area contributed by atoms with Crippen molar-refractivity contribution in [3.05, 3.63) is 58.7 Å². The van der Waals surface area contributed by atoms with Crippen molar-refractivity contribution in [2.45, 2.75) is 44.8 Å². The normalized spacial score (nSPS) is 17.5. The lowest BCUT2D eigenvalue weighted by atomic mass is 10.0. The quantitative estimate of drug-likeness (QED) is 0.375. The summed E-state index contributed by atoms with van der Waals surface area (Å²) < 4.78 is 13.5. The molecule has 180 valence electrons. The van der Waals surface area contributed by atoms with E-state index in [-0.39, 0.29) is 11.9 Å². The van der Waals surface area contributed by atoms with Crippen LogP contribution >= 0.6 is 11.8 Å². The van der Waals surface area contributed by atoms with E-state index in [2.05, 4.69) is 59.6 Å². The van der Waals surface area contributed by atoms with Gasteiger partial charge < -0.3 is 14.4 Å². The molecule has 0 saturated carbocycles. The number of aromatic nitrogens is 3. The predicted molar refractivity (Wildman–Crippen MR) is 137 cm³/mol. The monoisotopic (exact) mass is 488 g/mol. The number of fused-ring (bicyclic) bond motifs is 4. The molecule has 1 saturated heterocycles. The van der Waals surface area contributed by atoms with Crippen LogP contribution in [0.4, 0.5) is 0 Å². The first kappa shape index (κ1) is 22.2. The van der Waals surface area contributed by atoms with Gasteiger partial charge in [-0.2, -0.15) is 0 Å². The van der Waals surface area contributed by atoms with Crippen LogP contribution in [0.1, 0.15) is 41.1 Å². The smallest absolute Gasteiger partial charge is 0.233 e. The highest BCUT2D eigenvalue weighted by molar-refractivity contribution is 7.99. The van der Waals surface area contributed by atoms with Gasteiger partial charge in [-0.15, -0.1) is 10.2 Å². The first-order chi connectivity index (χ1) is 17.0. The van der Waals surface area contributed by atoms with Gasteiger partial charge in [-0.05, 0) is 74.6 Å². The van der Waals surface area contributed by atoms with Crippen molar-refractivity contribution in [3.8, 4) is 11.5 Å². The molecular formula is C27H28N4O3S. The first-order valence-corrected chi connectivity index (χ1v) is 13.1. The van der Waals surface area contributed by atoms with Gasteiger partial charge >= 0.3 is 0 Å². The van der Waals surface area contributed by atoms with Gasteiger partial charge in [0.15, 0.2) is 22.3 Å². The van der Waals surface area contributed by atoms with Gasteiger partial charge in [0.2, 0.25) is 5.91 Å². The summed E-state index contributed by atoms with van der Waals surface area (Å²) in [6.45, 7) is 8.24. The minimum atomic E-state index is 0.0581. The number of carbonyl (C=O) groups excluding carboxylic acids is 1. The number of hydrogen-bond acceptors (Lipinski definition) is 6. The van der Waals surface area contributed by atoms with Crippen molar-refractivity contribution < 1.29 is 14.3 Å². The van der Waals surface area contributed by atoms with Crippen LogP contribution in [0.15, 0.2) is 41.6 Å². The van der Waals surface area contributed by atoms with E-state index >= 15 is 0 Å². The van der Waals surface area contributed by atoms with E-state index in [9.17, 15) is 4.79 Å². The number of likely N-dealkylation sites (tertiary alicyclic amines) is 1. The van der Waals surface area contributed by atoms with E-state index in [0.29, 0.717) is 19.0 Å². The number of thioether (sulfide) groups is 1. The van der Waals surface area contributed by atoms with Crippen LogP contribution in [-0.2, 0) is 4.79 Å². The van der Waals surface area contributed by atoms with Crippen molar-refractivity contribution in [2.75, 3.05) is 25.5 Å².